The summed E-state index contributed by atoms with van der Waals surface area (Å²) in [6.45, 7) is 2.91. The summed E-state index contributed by atoms with van der Waals surface area (Å²) in [5.41, 5.74) is 8.83. The maximum Gasteiger partial charge on any atom is 0.0702 e. The van der Waals surface area contributed by atoms with Gasteiger partial charge in [0.15, 0.2) is 0 Å². The summed E-state index contributed by atoms with van der Waals surface area (Å²) < 4.78 is 1.17. The van der Waals surface area contributed by atoms with Gasteiger partial charge in [-0.3, -0.25) is 0 Å². The van der Waals surface area contributed by atoms with Crippen molar-refractivity contribution in [3.05, 3.63) is 44.6 Å². The van der Waals surface area contributed by atoms with Crippen molar-refractivity contribution < 1.29 is 0 Å². The second-order valence-corrected chi connectivity index (χ2v) is 6.18. The first-order valence-electron chi connectivity index (χ1n) is 4.99. The third kappa shape index (κ3) is 2.77. The van der Waals surface area contributed by atoms with Crippen LogP contribution < -0.4 is 11.1 Å². The van der Waals surface area contributed by atoms with Gasteiger partial charge in [-0.25, -0.2) is 0 Å². The highest BCUT2D eigenvalue weighted by Gasteiger charge is 2.00. The van der Waals surface area contributed by atoms with E-state index in [9.17, 15) is 0 Å². The van der Waals surface area contributed by atoms with Crippen LogP contribution in [0.1, 0.15) is 10.4 Å². The summed E-state index contributed by atoms with van der Waals surface area (Å²) in [5, 5.41) is 3.40. The molecule has 0 radical (unpaired) electrons. The first-order valence-corrected chi connectivity index (χ1v) is 6.60. The quantitative estimate of drug-likeness (QED) is 0.840. The van der Waals surface area contributed by atoms with E-state index < -0.39 is 0 Å². The highest BCUT2D eigenvalue weighted by molar-refractivity contribution is 9.11. The maximum atomic E-state index is 5.71. The first-order chi connectivity index (χ1) is 7.65. The molecule has 84 valence electrons. The van der Waals surface area contributed by atoms with Crippen molar-refractivity contribution in [3.8, 4) is 0 Å². The molecule has 0 atom stereocenters. The monoisotopic (exact) mass is 296 g/mol. The molecule has 0 bridgehead atoms. The van der Waals surface area contributed by atoms with Crippen molar-refractivity contribution in [1.29, 1.82) is 0 Å². The summed E-state index contributed by atoms with van der Waals surface area (Å²) in [7, 11) is 0. The lowest BCUT2D eigenvalue weighted by Crippen LogP contribution is -1.99. The van der Waals surface area contributed by atoms with Gasteiger partial charge in [0, 0.05) is 22.8 Å². The van der Waals surface area contributed by atoms with Gasteiger partial charge in [0.2, 0.25) is 0 Å². The smallest absolute Gasteiger partial charge is 0.0702 e. The number of thiophene rings is 1. The van der Waals surface area contributed by atoms with Gasteiger partial charge >= 0.3 is 0 Å². The van der Waals surface area contributed by atoms with E-state index in [1.807, 2.05) is 18.2 Å². The average Bonchev–Trinajstić information content (AvgIpc) is 2.63. The number of nitrogen functional groups attached to an aromatic ring is 1. The molecule has 0 spiro atoms. The minimum Gasteiger partial charge on any atom is -0.399 e. The minimum atomic E-state index is 0.807. The molecule has 0 amide bonds. The van der Waals surface area contributed by atoms with E-state index in [1.165, 1.54) is 14.2 Å². The van der Waals surface area contributed by atoms with Crippen molar-refractivity contribution >= 4 is 38.6 Å². The van der Waals surface area contributed by atoms with E-state index in [0.717, 1.165) is 17.9 Å². The largest absolute Gasteiger partial charge is 0.399 e. The van der Waals surface area contributed by atoms with Crippen molar-refractivity contribution in [2.75, 3.05) is 11.1 Å². The predicted octanol–water partition coefficient (Wildman–Crippen LogP) is 4.01. The summed E-state index contributed by atoms with van der Waals surface area (Å²) >= 11 is 5.20. The molecule has 0 fully saturated rings. The molecule has 1 aromatic carbocycles. The fraction of sp³-hybridized carbons (Fsp3) is 0.167. The number of halogens is 1. The third-order valence-electron chi connectivity index (χ3n) is 2.33. The van der Waals surface area contributed by atoms with Gasteiger partial charge in [-0.2, -0.15) is 0 Å². The van der Waals surface area contributed by atoms with Gasteiger partial charge in [-0.05, 0) is 58.7 Å². The van der Waals surface area contributed by atoms with Crippen LogP contribution in [0.3, 0.4) is 0 Å². The second-order valence-electron chi connectivity index (χ2n) is 3.63. The number of nitrogens with two attached hydrogens (primary N) is 1. The zero-order chi connectivity index (χ0) is 11.5. The van der Waals surface area contributed by atoms with E-state index in [4.69, 9.17) is 5.73 Å². The van der Waals surface area contributed by atoms with Crippen LogP contribution in [-0.4, -0.2) is 0 Å². The Morgan fingerprint density at radius 2 is 2.12 bits per heavy atom. The topological polar surface area (TPSA) is 38.0 Å². The lowest BCUT2D eigenvalue weighted by Gasteiger charge is -2.08. The Labute approximate surface area is 108 Å². The van der Waals surface area contributed by atoms with Crippen LogP contribution in [0, 0.1) is 6.92 Å². The first kappa shape index (κ1) is 11.5. The van der Waals surface area contributed by atoms with E-state index in [1.54, 1.807) is 11.3 Å². The zero-order valence-electron chi connectivity index (χ0n) is 8.96. The van der Waals surface area contributed by atoms with Crippen molar-refractivity contribution in [1.82, 2.24) is 0 Å². The molecule has 0 saturated carbocycles. The second kappa shape index (κ2) is 4.89. The number of benzene rings is 1. The number of anilines is 2. The molecule has 2 nitrogen and oxygen atoms in total. The fourth-order valence-corrected chi connectivity index (χ4v) is 2.94. The summed E-state index contributed by atoms with van der Waals surface area (Å²) in [6.07, 6.45) is 0. The van der Waals surface area contributed by atoms with Crippen LogP contribution in [0.15, 0.2) is 34.1 Å². The van der Waals surface area contributed by atoms with Crippen molar-refractivity contribution in [3.63, 3.8) is 0 Å². The van der Waals surface area contributed by atoms with Gasteiger partial charge in [0.25, 0.3) is 0 Å². The number of aryl methyl sites for hydroxylation is 1. The van der Waals surface area contributed by atoms with Crippen LogP contribution in [0.2, 0.25) is 0 Å². The zero-order valence-corrected chi connectivity index (χ0v) is 11.4. The van der Waals surface area contributed by atoms with Crippen LogP contribution >= 0.6 is 27.3 Å². The van der Waals surface area contributed by atoms with E-state index in [-0.39, 0.29) is 0 Å². The molecular formula is C12H13BrN2S. The summed E-state index contributed by atoms with van der Waals surface area (Å²) in [6, 6.07) is 10.1. The number of nitrogens with one attached hydrogen (secondary N) is 1. The third-order valence-corrected chi connectivity index (χ3v) is 3.96. The summed E-state index contributed by atoms with van der Waals surface area (Å²) in [5.74, 6) is 0. The molecule has 0 unspecified atom stereocenters. The highest BCUT2D eigenvalue weighted by Crippen LogP contribution is 2.24. The van der Waals surface area contributed by atoms with Gasteiger partial charge in [0.05, 0.1) is 3.79 Å². The minimum absolute atomic E-state index is 0.807. The molecule has 16 heavy (non-hydrogen) atoms. The highest BCUT2D eigenvalue weighted by atomic mass is 79.9. The lowest BCUT2D eigenvalue weighted by atomic mass is 10.2. The molecule has 0 saturated heterocycles. The van der Waals surface area contributed by atoms with Gasteiger partial charge in [-0.1, -0.05) is 0 Å². The van der Waals surface area contributed by atoms with E-state index >= 15 is 0 Å². The molecule has 1 aromatic heterocycles. The Kier molecular flexibility index (Phi) is 3.51. The summed E-state index contributed by atoms with van der Waals surface area (Å²) in [4.78, 5) is 1.31. The molecule has 1 heterocycles. The molecule has 2 rings (SSSR count). The average molecular weight is 297 g/mol. The van der Waals surface area contributed by atoms with E-state index in [2.05, 4.69) is 40.3 Å². The Bertz CT molecular complexity index is 494. The van der Waals surface area contributed by atoms with Gasteiger partial charge in [-0.15, -0.1) is 11.3 Å². The normalized spacial score (nSPS) is 10.4. The predicted molar refractivity (Wildman–Crippen MR) is 74.9 cm³/mol. The van der Waals surface area contributed by atoms with Crippen LogP contribution in [-0.2, 0) is 6.54 Å². The number of hydrogen-bond donors (Lipinski definition) is 2. The molecule has 3 N–H and O–H groups in total. The Hall–Kier alpha value is -1.000. The fourth-order valence-electron chi connectivity index (χ4n) is 1.51. The van der Waals surface area contributed by atoms with Crippen LogP contribution in [0.25, 0.3) is 0 Å². The molecule has 0 aliphatic rings. The van der Waals surface area contributed by atoms with Crippen LogP contribution in [0.4, 0.5) is 11.4 Å². The van der Waals surface area contributed by atoms with E-state index in [0.29, 0.717) is 0 Å². The molecule has 4 heteroatoms. The molecule has 0 aliphatic heterocycles. The number of rotatable bonds is 3. The lowest BCUT2D eigenvalue weighted by molar-refractivity contribution is 1.18. The molecule has 0 aliphatic carbocycles. The Balaban J connectivity index is 2.04. The molecule has 2 aromatic rings. The SMILES string of the molecule is Cc1cc(N)ccc1NCc1ccc(Br)s1. The Morgan fingerprint density at radius 3 is 2.75 bits per heavy atom. The van der Waals surface area contributed by atoms with Gasteiger partial charge < -0.3 is 11.1 Å². The van der Waals surface area contributed by atoms with Crippen LogP contribution in [0.5, 0.6) is 0 Å². The Morgan fingerprint density at radius 1 is 1.31 bits per heavy atom. The van der Waals surface area contributed by atoms with Gasteiger partial charge in [0.1, 0.15) is 0 Å². The standard InChI is InChI=1S/C12H13BrN2S/c1-8-6-9(14)2-4-11(8)15-7-10-3-5-12(13)16-10/h2-6,15H,7,14H2,1H3. The van der Waals surface area contributed by atoms with Crippen molar-refractivity contribution in [2.45, 2.75) is 13.5 Å². The molecular weight excluding hydrogens is 284 g/mol. The maximum absolute atomic E-state index is 5.71. The number of hydrogen-bond acceptors (Lipinski definition) is 3. The van der Waals surface area contributed by atoms with Crippen molar-refractivity contribution in [2.24, 2.45) is 0 Å².